The van der Waals surface area contributed by atoms with Gasteiger partial charge in [0.25, 0.3) is 0 Å². The third-order valence-corrected chi connectivity index (χ3v) is 3.53. The van der Waals surface area contributed by atoms with Crippen LogP contribution in [0.25, 0.3) is 0 Å². The van der Waals surface area contributed by atoms with Crippen LogP contribution in [0.4, 0.5) is 0 Å². The highest BCUT2D eigenvalue weighted by Gasteiger charge is 2.35. The molecule has 0 aromatic carbocycles. The maximum atomic E-state index is 5.13. The van der Waals surface area contributed by atoms with Crippen molar-refractivity contribution in [3.63, 3.8) is 0 Å². The first-order valence-corrected chi connectivity index (χ1v) is 6.36. The van der Waals surface area contributed by atoms with Gasteiger partial charge >= 0.3 is 0 Å². The summed E-state index contributed by atoms with van der Waals surface area (Å²) in [7, 11) is 0. The van der Waals surface area contributed by atoms with Gasteiger partial charge in [0.15, 0.2) is 0 Å². The highest BCUT2D eigenvalue weighted by Crippen LogP contribution is 2.32. The van der Waals surface area contributed by atoms with Gasteiger partial charge in [-0.15, -0.1) is 0 Å². The van der Waals surface area contributed by atoms with E-state index in [9.17, 15) is 0 Å². The van der Waals surface area contributed by atoms with Gasteiger partial charge in [0, 0.05) is 0 Å². The minimum Gasteiger partial charge on any atom is -0.231 e. The second kappa shape index (κ2) is 6.70. The molecule has 1 aliphatic rings. The first kappa shape index (κ1) is 13.3. The van der Waals surface area contributed by atoms with Crippen LogP contribution in [0.2, 0.25) is 0 Å². The largest absolute Gasteiger partial charge is 0.238 e. The smallest absolute Gasteiger partial charge is 0.231 e. The van der Waals surface area contributed by atoms with Crippen molar-refractivity contribution in [3.8, 4) is 0 Å². The Labute approximate surface area is 95.5 Å². The fourth-order valence-corrected chi connectivity index (χ4v) is 2.26. The van der Waals surface area contributed by atoms with E-state index in [1.807, 2.05) is 11.8 Å². The van der Waals surface area contributed by atoms with E-state index in [1.54, 1.807) is 0 Å². The summed E-state index contributed by atoms with van der Waals surface area (Å²) in [5.74, 6) is 1.09. The Morgan fingerprint density at radius 1 is 1.20 bits per heavy atom. The normalized spacial score (nSPS) is 20.2. The molecule has 0 unspecified atom stereocenters. The van der Waals surface area contributed by atoms with E-state index < -0.39 is 6.29 Å². The Morgan fingerprint density at radius 3 is 2.33 bits per heavy atom. The first-order valence-electron chi connectivity index (χ1n) is 5.37. The van der Waals surface area contributed by atoms with Crippen LogP contribution in [0.15, 0.2) is 0 Å². The number of hydrogen-bond acceptors (Lipinski definition) is 5. The molecular formula is C10H20O4S. The lowest BCUT2D eigenvalue weighted by atomic mass is 10.2. The molecule has 5 heteroatoms. The van der Waals surface area contributed by atoms with Crippen LogP contribution in [0.3, 0.4) is 0 Å². The molecule has 0 radical (unpaired) electrons. The van der Waals surface area contributed by atoms with Crippen molar-refractivity contribution in [3.05, 3.63) is 0 Å². The minimum atomic E-state index is -0.471. The van der Waals surface area contributed by atoms with Gasteiger partial charge < -0.3 is 0 Å². The summed E-state index contributed by atoms with van der Waals surface area (Å²) in [5, 5.41) is 0. The summed E-state index contributed by atoms with van der Waals surface area (Å²) in [6.07, 6.45) is 1.92. The number of rotatable bonds is 5. The molecule has 0 atom stereocenters. The van der Waals surface area contributed by atoms with Gasteiger partial charge in [0.1, 0.15) is 13.2 Å². The summed E-state index contributed by atoms with van der Waals surface area (Å²) < 4.78 is -0.167. The summed E-state index contributed by atoms with van der Waals surface area (Å²) in [6.45, 7) is 7.13. The fourth-order valence-electron chi connectivity index (χ4n) is 1.08. The zero-order valence-corrected chi connectivity index (χ0v) is 10.5. The lowest BCUT2D eigenvalue weighted by Crippen LogP contribution is -2.37. The molecule has 0 saturated carbocycles. The Morgan fingerprint density at radius 2 is 1.80 bits per heavy atom. The minimum absolute atomic E-state index is 0.167. The van der Waals surface area contributed by atoms with E-state index in [0.29, 0.717) is 13.2 Å². The van der Waals surface area contributed by atoms with Crippen molar-refractivity contribution in [1.82, 2.24) is 0 Å². The summed E-state index contributed by atoms with van der Waals surface area (Å²) in [5.41, 5.74) is 0. The second-order valence-corrected chi connectivity index (χ2v) is 5.72. The SMILES string of the molecule is CCCCSC(C)(C)C1OOCCOO1. The zero-order chi connectivity index (χ0) is 11.1. The third kappa shape index (κ3) is 4.70. The Hall–Kier alpha value is 0.190. The van der Waals surface area contributed by atoms with E-state index in [1.165, 1.54) is 12.8 Å². The molecule has 0 N–H and O–H groups in total. The summed E-state index contributed by atoms with van der Waals surface area (Å²) in [6, 6.07) is 0. The van der Waals surface area contributed by atoms with E-state index in [4.69, 9.17) is 19.6 Å². The fraction of sp³-hybridized carbons (Fsp3) is 1.00. The maximum absolute atomic E-state index is 5.13. The molecule has 0 aromatic rings. The highest BCUT2D eigenvalue weighted by molar-refractivity contribution is 8.00. The Kier molecular flexibility index (Phi) is 5.92. The van der Waals surface area contributed by atoms with Crippen molar-refractivity contribution in [2.24, 2.45) is 0 Å². The van der Waals surface area contributed by atoms with E-state index in [2.05, 4.69) is 20.8 Å². The van der Waals surface area contributed by atoms with Gasteiger partial charge in [0.2, 0.25) is 6.29 Å². The van der Waals surface area contributed by atoms with Crippen molar-refractivity contribution in [2.45, 2.75) is 44.6 Å². The lowest BCUT2D eigenvalue weighted by molar-refractivity contribution is -0.429. The molecule has 1 aliphatic heterocycles. The van der Waals surface area contributed by atoms with Crippen molar-refractivity contribution in [2.75, 3.05) is 19.0 Å². The van der Waals surface area contributed by atoms with Crippen LogP contribution >= 0.6 is 11.8 Å². The van der Waals surface area contributed by atoms with Gasteiger partial charge in [-0.1, -0.05) is 13.3 Å². The van der Waals surface area contributed by atoms with Crippen LogP contribution in [0.5, 0.6) is 0 Å². The van der Waals surface area contributed by atoms with E-state index >= 15 is 0 Å². The molecule has 0 aromatic heterocycles. The van der Waals surface area contributed by atoms with E-state index in [0.717, 1.165) is 5.75 Å². The standard InChI is InChI=1S/C10H20O4S/c1-4-5-8-15-10(2,3)9-13-11-6-7-12-14-9/h9H,4-8H2,1-3H3. The topological polar surface area (TPSA) is 36.9 Å². The van der Waals surface area contributed by atoms with Gasteiger partial charge in [0.05, 0.1) is 4.75 Å². The Bertz CT molecular complexity index is 167. The predicted octanol–water partition coefficient (Wildman–Crippen LogP) is 2.53. The summed E-state index contributed by atoms with van der Waals surface area (Å²) in [4.78, 5) is 20.1. The van der Waals surface area contributed by atoms with Crippen LogP contribution in [0.1, 0.15) is 33.6 Å². The highest BCUT2D eigenvalue weighted by atomic mass is 32.2. The molecule has 0 bridgehead atoms. The van der Waals surface area contributed by atoms with Gasteiger partial charge in [-0.2, -0.15) is 21.5 Å². The molecule has 1 saturated heterocycles. The molecular weight excluding hydrogens is 216 g/mol. The van der Waals surface area contributed by atoms with Gasteiger partial charge in [-0.3, -0.25) is 0 Å². The molecule has 1 heterocycles. The van der Waals surface area contributed by atoms with Crippen molar-refractivity contribution < 1.29 is 19.6 Å². The van der Waals surface area contributed by atoms with Gasteiger partial charge in [-0.25, -0.2) is 9.78 Å². The average Bonchev–Trinajstić information content (AvgIpc) is 2.46. The van der Waals surface area contributed by atoms with Crippen LogP contribution in [0, 0.1) is 0 Å². The second-order valence-electron chi connectivity index (χ2n) is 3.97. The number of thioether (sulfide) groups is 1. The molecule has 15 heavy (non-hydrogen) atoms. The average molecular weight is 236 g/mol. The first-order chi connectivity index (χ1) is 7.17. The predicted molar refractivity (Wildman–Crippen MR) is 59.3 cm³/mol. The molecule has 0 aliphatic carbocycles. The molecule has 1 fully saturated rings. The van der Waals surface area contributed by atoms with Crippen LogP contribution in [-0.2, 0) is 19.6 Å². The Balaban J connectivity index is 2.35. The molecule has 1 rings (SSSR count). The van der Waals surface area contributed by atoms with Crippen LogP contribution < -0.4 is 0 Å². The third-order valence-electron chi connectivity index (χ3n) is 2.10. The van der Waals surface area contributed by atoms with Gasteiger partial charge in [-0.05, 0) is 26.0 Å². The zero-order valence-electron chi connectivity index (χ0n) is 9.65. The molecule has 4 nitrogen and oxygen atoms in total. The van der Waals surface area contributed by atoms with Crippen molar-refractivity contribution in [1.29, 1.82) is 0 Å². The maximum Gasteiger partial charge on any atom is 0.238 e. The molecule has 0 amide bonds. The summed E-state index contributed by atoms with van der Waals surface area (Å²) >= 11 is 1.81. The van der Waals surface area contributed by atoms with E-state index in [-0.39, 0.29) is 4.75 Å². The molecule has 0 spiro atoms. The van der Waals surface area contributed by atoms with Crippen LogP contribution in [-0.4, -0.2) is 30.0 Å². The van der Waals surface area contributed by atoms with Crippen molar-refractivity contribution >= 4 is 11.8 Å². The lowest BCUT2D eigenvalue weighted by Gasteiger charge is -2.29. The molecule has 90 valence electrons. The monoisotopic (exact) mass is 236 g/mol. The quantitative estimate of drug-likeness (QED) is 0.541. The number of hydrogen-bond donors (Lipinski definition) is 0. The number of unbranched alkanes of at least 4 members (excludes halogenated alkanes) is 1.